The SMILES string of the molecule is CCS(=O)(=O)c1cc(C(F)(F)F)cnc1-c1ncc(-c2cccc(C(F)(F)F)n2)n1C. The fourth-order valence-corrected chi connectivity index (χ4v) is 3.82. The number of rotatable bonds is 4. The second-order valence-electron chi connectivity index (χ2n) is 6.40. The van der Waals surface area contributed by atoms with E-state index in [2.05, 4.69) is 15.0 Å². The summed E-state index contributed by atoms with van der Waals surface area (Å²) in [6.45, 7) is 1.26. The fourth-order valence-electron chi connectivity index (χ4n) is 2.76. The van der Waals surface area contributed by atoms with Crippen LogP contribution in [0, 0.1) is 0 Å². The lowest BCUT2D eigenvalue weighted by Gasteiger charge is -2.13. The predicted octanol–water partition coefficient (Wildman–Crippen LogP) is 4.38. The molecular formula is C18H14F6N4O2S. The van der Waals surface area contributed by atoms with E-state index in [0.717, 1.165) is 18.3 Å². The van der Waals surface area contributed by atoms with Crippen molar-refractivity contribution in [3.05, 3.63) is 47.9 Å². The molecule has 166 valence electrons. The molecule has 0 spiro atoms. The number of sulfone groups is 1. The minimum absolute atomic E-state index is 0.0858. The number of halogens is 6. The Morgan fingerprint density at radius 2 is 1.68 bits per heavy atom. The molecule has 0 atom stereocenters. The van der Waals surface area contributed by atoms with Crippen LogP contribution in [0.3, 0.4) is 0 Å². The molecule has 31 heavy (non-hydrogen) atoms. The first-order valence-electron chi connectivity index (χ1n) is 8.62. The Morgan fingerprint density at radius 1 is 1.00 bits per heavy atom. The monoisotopic (exact) mass is 464 g/mol. The zero-order valence-corrected chi connectivity index (χ0v) is 16.8. The molecule has 3 rings (SSSR count). The summed E-state index contributed by atoms with van der Waals surface area (Å²) in [5.74, 6) is -0.634. The average Bonchev–Trinajstić information content (AvgIpc) is 3.07. The van der Waals surface area contributed by atoms with Crippen molar-refractivity contribution in [2.45, 2.75) is 24.2 Å². The maximum absolute atomic E-state index is 13.1. The van der Waals surface area contributed by atoms with E-state index in [1.54, 1.807) is 0 Å². The summed E-state index contributed by atoms with van der Waals surface area (Å²) in [4.78, 5) is 10.5. The van der Waals surface area contributed by atoms with Gasteiger partial charge in [-0.3, -0.25) is 4.98 Å². The number of alkyl halides is 6. The highest BCUT2D eigenvalue weighted by molar-refractivity contribution is 7.91. The van der Waals surface area contributed by atoms with Crippen LogP contribution in [-0.4, -0.2) is 33.7 Å². The first-order chi connectivity index (χ1) is 14.3. The van der Waals surface area contributed by atoms with E-state index in [0.29, 0.717) is 12.3 Å². The molecule has 6 nitrogen and oxygen atoms in total. The minimum atomic E-state index is -4.82. The van der Waals surface area contributed by atoms with E-state index in [9.17, 15) is 34.8 Å². The molecule has 0 bridgehead atoms. The van der Waals surface area contributed by atoms with Gasteiger partial charge in [-0.05, 0) is 18.2 Å². The molecule has 0 aromatic carbocycles. The highest BCUT2D eigenvalue weighted by Gasteiger charge is 2.35. The van der Waals surface area contributed by atoms with Gasteiger partial charge in [-0.15, -0.1) is 0 Å². The van der Waals surface area contributed by atoms with Gasteiger partial charge in [-0.25, -0.2) is 18.4 Å². The third-order valence-electron chi connectivity index (χ3n) is 4.40. The van der Waals surface area contributed by atoms with E-state index in [4.69, 9.17) is 0 Å². The standard InChI is InChI=1S/C18H14F6N4O2S/c1-3-31(29,30)13-7-10(17(19,20)21)8-25-15(13)16-26-9-12(28(16)2)11-5-4-6-14(27-11)18(22,23)24/h4-9H,3H2,1-2H3. The van der Waals surface area contributed by atoms with Gasteiger partial charge in [0.2, 0.25) is 0 Å². The van der Waals surface area contributed by atoms with Crippen molar-refractivity contribution in [2.75, 3.05) is 5.75 Å². The third kappa shape index (κ3) is 4.40. The second-order valence-corrected chi connectivity index (χ2v) is 8.65. The Kier molecular flexibility index (Phi) is 5.59. The van der Waals surface area contributed by atoms with Crippen LogP contribution in [0.25, 0.3) is 22.9 Å². The van der Waals surface area contributed by atoms with E-state index in [1.165, 1.54) is 24.6 Å². The summed E-state index contributed by atoms with van der Waals surface area (Å²) in [5, 5.41) is 0. The zero-order chi connectivity index (χ0) is 23.2. The molecule has 0 saturated carbocycles. The molecule has 0 aliphatic rings. The molecule has 0 amide bonds. The first kappa shape index (κ1) is 22.7. The van der Waals surface area contributed by atoms with Crippen molar-refractivity contribution in [2.24, 2.45) is 7.05 Å². The van der Waals surface area contributed by atoms with Crippen molar-refractivity contribution < 1.29 is 34.8 Å². The Labute approximate surface area is 172 Å². The Balaban J connectivity index is 2.19. The third-order valence-corrected chi connectivity index (χ3v) is 6.14. The number of pyridine rings is 2. The maximum Gasteiger partial charge on any atom is 0.433 e. The lowest BCUT2D eigenvalue weighted by atomic mass is 10.2. The Morgan fingerprint density at radius 3 is 2.26 bits per heavy atom. The minimum Gasteiger partial charge on any atom is -0.325 e. The molecule has 13 heteroatoms. The molecule has 0 fully saturated rings. The van der Waals surface area contributed by atoms with Gasteiger partial charge in [-0.2, -0.15) is 26.3 Å². The van der Waals surface area contributed by atoms with Crippen LogP contribution in [0.15, 0.2) is 41.6 Å². The van der Waals surface area contributed by atoms with Gasteiger partial charge < -0.3 is 4.57 Å². The molecule has 0 N–H and O–H groups in total. The van der Waals surface area contributed by atoms with Crippen LogP contribution >= 0.6 is 0 Å². The van der Waals surface area contributed by atoms with Gasteiger partial charge in [0, 0.05) is 13.2 Å². The molecular weight excluding hydrogens is 450 g/mol. The molecule has 3 aromatic rings. The average molecular weight is 464 g/mol. The summed E-state index contributed by atoms with van der Waals surface area (Å²) >= 11 is 0. The van der Waals surface area contributed by atoms with Crippen molar-refractivity contribution in [3.63, 3.8) is 0 Å². The van der Waals surface area contributed by atoms with Crippen LogP contribution < -0.4 is 0 Å². The van der Waals surface area contributed by atoms with Crippen LogP contribution in [-0.2, 0) is 29.2 Å². The van der Waals surface area contributed by atoms with Gasteiger partial charge in [-0.1, -0.05) is 13.0 Å². The Hall–Kier alpha value is -2.96. The highest BCUT2D eigenvalue weighted by Crippen LogP contribution is 2.35. The summed E-state index contributed by atoms with van der Waals surface area (Å²) in [5.41, 5.74) is -2.77. The molecule has 0 radical (unpaired) electrons. The zero-order valence-electron chi connectivity index (χ0n) is 16.0. The van der Waals surface area contributed by atoms with E-state index >= 15 is 0 Å². The topological polar surface area (TPSA) is 77.7 Å². The van der Waals surface area contributed by atoms with Gasteiger partial charge in [0.05, 0.1) is 33.8 Å². The lowest BCUT2D eigenvalue weighted by molar-refractivity contribution is -0.141. The number of hydrogen-bond acceptors (Lipinski definition) is 5. The molecule has 0 aliphatic carbocycles. The Bertz CT molecular complexity index is 1230. The van der Waals surface area contributed by atoms with Gasteiger partial charge >= 0.3 is 12.4 Å². The summed E-state index contributed by atoms with van der Waals surface area (Å²) in [7, 11) is -2.78. The smallest absolute Gasteiger partial charge is 0.325 e. The van der Waals surface area contributed by atoms with Crippen LogP contribution in [0.5, 0.6) is 0 Å². The van der Waals surface area contributed by atoms with Crippen LogP contribution in [0.4, 0.5) is 26.3 Å². The van der Waals surface area contributed by atoms with Crippen molar-refractivity contribution >= 4 is 9.84 Å². The van der Waals surface area contributed by atoms with E-state index in [1.807, 2.05) is 0 Å². The highest BCUT2D eigenvalue weighted by atomic mass is 32.2. The molecule has 0 aliphatic heterocycles. The van der Waals surface area contributed by atoms with Gasteiger partial charge in [0.1, 0.15) is 11.4 Å². The van der Waals surface area contributed by atoms with Gasteiger partial charge in [0.15, 0.2) is 15.7 Å². The normalized spacial score (nSPS) is 12.9. The van der Waals surface area contributed by atoms with E-state index in [-0.39, 0.29) is 22.9 Å². The summed E-state index contributed by atoms with van der Waals surface area (Å²) < 4.78 is 104. The number of imidazole rings is 1. The quantitative estimate of drug-likeness (QED) is 0.536. The molecule has 3 heterocycles. The second kappa shape index (κ2) is 7.62. The van der Waals surface area contributed by atoms with Crippen LogP contribution in [0.1, 0.15) is 18.2 Å². The summed E-state index contributed by atoms with van der Waals surface area (Å²) in [6.07, 6.45) is -7.90. The molecule has 0 unspecified atom stereocenters. The number of nitrogens with zero attached hydrogens (tertiary/aromatic N) is 4. The van der Waals surface area contributed by atoms with Crippen molar-refractivity contribution in [1.29, 1.82) is 0 Å². The van der Waals surface area contributed by atoms with Crippen molar-refractivity contribution in [1.82, 2.24) is 19.5 Å². The van der Waals surface area contributed by atoms with Crippen LogP contribution in [0.2, 0.25) is 0 Å². The fraction of sp³-hybridized carbons (Fsp3) is 0.278. The molecule has 0 saturated heterocycles. The van der Waals surface area contributed by atoms with E-state index < -0.39 is 44.1 Å². The maximum atomic E-state index is 13.1. The lowest BCUT2D eigenvalue weighted by Crippen LogP contribution is -2.13. The predicted molar refractivity (Wildman–Crippen MR) is 97.4 cm³/mol. The summed E-state index contributed by atoms with van der Waals surface area (Å²) in [6, 6.07) is 3.68. The number of aromatic nitrogens is 4. The number of hydrogen-bond donors (Lipinski definition) is 0. The van der Waals surface area contributed by atoms with Gasteiger partial charge in [0.25, 0.3) is 0 Å². The molecule has 3 aromatic heterocycles. The largest absolute Gasteiger partial charge is 0.433 e. The first-order valence-corrected chi connectivity index (χ1v) is 10.3. The van der Waals surface area contributed by atoms with Crippen molar-refractivity contribution in [3.8, 4) is 22.9 Å².